The summed E-state index contributed by atoms with van der Waals surface area (Å²) in [5, 5.41) is 0. The van der Waals surface area contributed by atoms with Crippen molar-refractivity contribution in [1.82, 2.24) is 3.11 Å². The largest absolute Gasteiger partial charge is 0.248 e. The first-order valence-corrected chi connectivity index (χ1v) is 4.68. The first-order chi connectivity index (χ1) is 4.31. The summed E-state index contributed by atoms with van der Waals surface area (Å²) < 4.78 is 2.42. The van der Waals surface area contributed by atoms with Crippen LogP contribution in [0.5, 0.6) is 0 Å². The molecular weight excluding hydrogens is 225 g/mol. The first kappa shape index (κ1) is 6.40. The summed E-state index contributed by atoms with van der Waals surface area (Å²) in [4.78, 5) is 0. The fourth-order valence-electron chi connectivity index (χ4n) is 1.63. The molecule has 0 radical (unpaired) electrons. The van der Waals surface area contributed by atoms with Crippen molar-refractivity contribution in [2.75, 3.05) is 13.1 Å². The molecule has 2 rings (SSSR count). The maximum Gasteiger partial charge on any atom is 0.0201 e. The Hall–Kier alpha value is 0.690. The van der Waals surface area contributed by atoms with Crippen LogP contribution in [0.15, 0.2) is 0 Å². The first-order valence-electron chi connectivity index (χ1n) is 3.72. The van der Waals surface area contributed by atoms with Crippen molar-refractivity contribution in [2.24, 2.45) is 5.41 Å². The summed E-state index contributed by atoms with van der Waals surface area (Å²) in [7, 11) is 0. The van der Waals surface area contributed by atoms with Crippen LogP contribution in [-0.2, 0) is 0 Å². The highest BCUT2D eigenvalue weighted by molar-refractivity contribution is 14.1. The van der Waals surface area contributed by atoms with E-state index in [1.807, 2.05) is 0 Å². The van der Waals surface area contributed by atoms with Gasteiger partial charge in [-0.05, 0) is 31.1 Å². The van der Waals surface area contributed by atoms with Gasteiger partial charge in [-0.25, -0.2) is 3.11 Å². The van der Waals surface area contributed by atoms with Crippen molar-refractivity contribution in [3.8, 4) is 0 Å². The molecular formula is C7H12IN. The minimum absolute atomic E-state index is 0.863. The summed E-state index contributed by atoms with van der Waals surface area (Å²) >= 11 is 2.43. The van der Waals surface area contributed by atoms with Gasteiger partial charge in [0.05, 0.1) is 0 Å². The van der Waals surface area contributed by atoms with Crippen LogP contribution >= 0.6 is 22.9 Å². The fourth-order valence-corrected chi connectivity index (χ4v) is 2.11. The minimum Gasteiger partial charge on any atom is -0.248 e. The van der Waals surface area contributed by atoms with Crippen LogP contribution in [0, 0.1) is 5.41 Å². The van der Waals surface area contributed by atoms with Gasteiger partial charge in [0, 0.05) is 36.0 Å². The zero-order valence-corrected chi connectivity index (χ0v) is 7.73. The van der Waals surface area contributed by atoms with Gasteiger partial charge < -0.3 is 0 Å². The summed E-state index contributed by atoms with van der Waals surface area (Å²) in [5.74, 6) is 0. The van der Waals surface area contributed by atoms with E-state index in [0.29, 0.717) is 0 Å². The van der Waals surface area contributed by atoms with Gasteiger partial charge in [-0.2, -0.15) is 0 Å². The SMILES string of the molecule is IN1CCC2(CC1)CC2. The van der Waals surface area contributed by atoms with E-state index in [2.05, 4.69) is 26.0 Å². The number of halogens is 1. The number of nitrogens with zero attached hydrogens (tertiary/aromatic N) is 1. The topological polar surface area (TPSA) is 3.24 Å². The van der Waals surface area contributed by atoms with Crippen molar-refractivity contribution >= 4 is 22.9 Å². The van der Waals surface area contributed by atoms with E-state index in [4.69, 9.17) is 0 Å². The predicted molar refractivity (Wildman–Crippen MR) is 46.5 cm³/mol. The van der Waals surface area contributed by atoms with Crippen molar-refractivity contribution < 1.29 is 0 Å². The Morgan fingerprint density at radius 1 is 1.00 bits per heavy atom. The van der Waals surface area contributed by atoms with Gasteiger partial charge in [0.25, 0.3) is 0 Å². The number of hydrogen-bond donors (Lipinski definition) is 0. The Morgan fingerprint density at radius 2 is 1.56 bits per heavy atom. The lowest BCUT2D eigenvalue weighted by Gasteiger charge is -2.26. The third-order valence-corrected chi connectivity index (χ3v) is 3.69. The summed E-state index contributed by atoms with van der Waals surface area (Å²) in [6.45, 7) is 2.67. The molecule has 52 valence electrons. The Labute approximate surface area is 70.3 Å². The van der Waals surface area contributed by atoms with Crippen LogP contribution in [0.3, 0.4) is 0 Å². The summed E-state index contributed by atoms with van der Waals surface area (Å²) in [6, 6.07) is 0. The molecule has 0 bridgehead atoms. The van der Waals surface area contributed by atoms with E-state index < -0.39 is 0 Å². The van der Waals surface area contributed by atoms with Gasteiger partial charge in [-0.15, -0.1) is 0 Å². The second-order valence-electron chi connectivity index (χ2n) is 3.41. The van der Waals surface area contributed by atoms with Gasteiger partial charge in [-0.1, -0.05) is 0 Å². The van der Waals surface area contributed by atoms with Crippen molar-refractivity contribution in [1.29, 1.82) is 0 Å². The minimum atomic E-state index is 0.863. The van der Waals surface area contributed by atoms with E-state index in [-0.39, 0.29) is 0 Å². The maximum absolute atomic E-state index is 2.43. The van der Waals surface area contributed by atoms with Crippen molar-refractivity contribution in [3.05, 3.63) is 0 Å². The van der Waals surface area contributed by atoms with Crippen LogP contribution in [0.25, 0.3) is 0 Å². The lowest BCUT2D eigenvalue weighted by Crippen LogP contribution is -2.26. The van der Waals surface area contributed by atoms with E-state index in [1.54, 1.807) is 0 Å². The molecule has 1 aliphatic heterocycles. The van der Waals surface area contributed by atoms with Crippen LogP contribution in [0.4, 0.5) is 0 Å². The van der Waals surface area contributed by atoms with Crippen LogP contribution in [0.1, 0.15) is 25.7 Å². The molecule has 0 aromatic heterocycles. The maximum atomic E-state index is 2.43. The van der Waals surface area contributed by atoms with E-state index in [0.717, 1.165) is 5.41 Å². The van der Waals surface area contributed by atoms with Crippen LogP contribution in [0.2, 0.25) is 0 Å². The van der Waals surface area contributed by atoms with Crippen molar-refractivity contribution in [3.63, 3.8) is 0 Å². The second kappa shape index (κ2) is 2.09. The Bertz CT molecular complexity index is 110. The zero-order chi connectivity index (χ0) is 6.32. The average Bonchev–Trinajstić information content (AvgIpc) is 2.60. The monoisotopic (exact) mass is 237 g/mol. The highest BCUT2D eigenvalue weighted by Gasteiger charge is 2.43. The van der Waals surface area contributed by atoms with Crippen LogP contribution < -0.4 is 0 Å². The molecule has 2 aliphatic rings. The van der Waals surface area contributed by atoms with E-state index in [1.165, 1.54) is 38.8 Å². The molecule has 0 aromatic carbocycles. The molecule has 1 nitrogen and oxygen atoms in total. The second-order valence-corrected chi connectivity index (χ2v) is 4.77. The zero-order valence-electron chi connectivity index (χ0n) is 5.57. The third kappa shape index (κ3) is 1.24. The van der Waals surface area contributed by atoms with Gasteiger partial charge in [-0.3, -0.25) is 0 Å². The molecule has 0 aromatic rings. The number of rotatable bonds is 0. The third-order valence-electron chi connectivity index (χ3n) is 2.73. The van der Waals surface area contributed by atoms with E-state index in [9.17, 15) is 0 Å². The lowest BCUT2D eigenvalue weighted by atomic mass is 9.95. The standard InChI is InChI=1S/C7H12IN/c8-9-5-3-7(1-2-7)4-6-9/h1-6H2. The number of hydrogen-bond acceptors (Lipinski definition) is 1. The van der Waals surface area contributed by atoms with E-state index >= 15 is 0 Å². The fraction of sp³-hybridized carbons (Fsp3) is 1.00. The van der Waals surface area contributed by atoms with Gasteiger partial charge >= 0.3 is 0 Å². The normalized spacial score (nSPS) is 33.0. The Morgan fingerprint density at radius 3 is 2.00 bits per heavy atom. The quantitative estimate of drug-likeness (QED) is 0.461. The molecule has 0 unspecified atom stereocenters. The summed E-state index contributed by atoms with van der Waals surface area (Å²) in [6.07, 6.45) is 5.99. The molecule has 1 spiro atoms. The van der Waals surface area contributed by atoms with Gasteiger partial charge in [0.2, 0.25) is 0 Å². The molecule has 0 amide bonds. The van der Waals surface area contributed by atoms with Crippen molar-refractivity contribution in [2.45, 2.75) is 25.7 Å². The summed E-state index contributed by atoms with van der Waals surface area (Å²) in [5.41, 5.74) is 0.863. The molecule has 1 saturated heterocycles. The molecule has 9 heavy (non-hydrogen) atoms. The smallest absolute Gasteiger partial charge is 0.0201 e. The molecule has 1 saturated carbocycles. The molecule has 0 atom stereocenters. The molecule has 1 aliphatic carbocycles. The van der Waals surface area contributed by atoms with Gasteiger partial charge in [0.15, 0.2) is 0 Å². The molecule has 2 heteroatoms. The molecule has 0 N–H and O–H groups in total. The average molecular weight is 237 g/mol. The Kier molecular flexibility index (Phi) is 1.49. The molecule has 1 heterocycles. The Balaban J connectivity index is 1.91. The highest BCUT2D eigenvalue weighted by Crippen LogP contribution is 2.53. The number of piperidine rings is 1. The molecule has 2 fully saturated rings. The van der Waals surface area contributed by atoms with Gasteiger partial charge in [0.1, 0.15) is 0 Å². The highest BCUT2D eigenvalue weighted by atomic mass is 127. The predicted octanol–water partition coefficient (Wildman–Crippen LogP) is 2.21. The van der Waals surface area contributed by atoms with Crippen LogP contribution in [-0.4, -0.2) is 16.2 Å². The lowest BCUT2D eigenvalue weighted by molar-refractivity contribution is 0.290.